The Morgan fingerprint density at radius 2 is 2.18 bits per heavy atom. The first-order valence-corrected chi connectivity index (χ1v) is 7.58. The predicted molar refractivity (Wildman–Crippen MR) is 84.1 cm³/mol. The van der Waals surface area contributed by atoms with Crippen LogP contribution in [0.4, 0.5) is 4.79 Å². The molecule has 2 amide bonds. The van der Waals surface area contributed by atoms with Crippen LogP contribution in [-0.4, -0.2) is 40.3 Å². The molecule has 1 aliphatic heterocycles. The summed E-state index contributed by atoms with van der Waals surface area (Å²) in [4.78, 5) is 14.3. The molecular formula is C16H21N5O. The van der Waals surface area contributed by atoms with Crippen molar-refractivity contribution in [2.75, 3.05) is 13.1 Å². The Morgan fingerprint density at radius 3 is 2.95 bits per heavy atom. The molecule has 0 bridgehead atoms. The van der Waals surface area contributed by atoms with Crippen LogP contribution in [0.25, 0.3) is 0 Å². The molecule has 0 radical (unpaired) electrons. The van der Waals surface area contributed by atoms with Crippen molar-refractivity contribution < 1.29 is 4.79 Å². The maximum atomic E-state index is 11.9. The molecule has 0 saturated carbocycles. The van der Waals surface area contributed by atoms with Crippen LogP contribution in [0, 0.1) is 0 Å². The number of nitrogens with one attached hydrogen (secondary N) is 3. The molecule has 2 heterocycles. The van der Waals surface area contributed by atoms with Crippen molar-refractivity contribution in [2.45, 2.75) is 25.6 Å². The molecule has 0 aliphatic carbocycles. The second-order valence-electron chi connectivity index (χ2n) is 5.62. The highest BCUT2D eigenvalue weighted by Crippen LogP contribution is 2.13. The third-order valence-corrected chi connectivity index (χ3v) is 3.85. The lowest BCUT2D eigenvalue weighted by molar-refractivity contribution is 0.235. The second kappa shape index (κ2) is 7.09. The van der Waals surface area contributed by atoms with Crippen molar-refractivity contribution in [3.8, 4) is 0 Å². The van der Waals surface area contributed by atoms with Gasteiger partial charge in [0.2, 0.25) is 0 Å². The molecule has 2 aromatic rings. The number of carbonyl (C=O) groups is 1. The number of hydrogen-bond acceptors (Lipinski definition) is 3. The summed E-state index contributed by atoms with van der Waals surface area (Å²) < 4.78 is 0. The Morgan fingerprint density at radius 1 is 1.32 bits per heavy atom. The summed E-state index contributed by atoms with van der Waals surface area (Å²) in [5, 5.41) is 12.5. The van der Waals surface area contributed by atoms with E-state index in [-0.39, 0.29) is 12.1 Å². The third kappa shape index (κ3) is 4.08. The SMILES string of the molecule is O=C(NCc1ccn[nH]1)NC1CCN(Cc2ccccc2)C1. The van der Waals surface area contributed by atoms with Gasteiger partial charge in [0, 0.05) is 31.9 Å². The normalized spacial score (nSPS) is 18.3. The van der Waals surface area contributed by atoms with Gasteiger partial charge in [-0.05, 0) is 18.1 Å². The standard InChI is InChI=1S/C16H21N5O/c22-16(17-10-14-6-8-18-20-14)19-15-7-9-21(12-15)11-13-4-2-1-3-5-13/h1-6,8,15H,7,9-12H2,(H,18,20)(H2,17,19,22). The minimum absolute atomic E-state index is 0.124. The Labute approximate surface area is 129 Å². The largest absolute Gasteiger partial charge is 0.334 e. The molecule has 6 nitrogen and oxygen atoms in total. The van der Waals surface area contributed by atoms with Gasteiger partial charge in [0.1, 0.15) is 0 Å². The minimum Gasteiger partial charge on any atom is -0.334 e. The van der Waals surface area contributed by atoms with E-state index < -0.39 is 0 Å². The van der Waals surface area contributed by atoms with Crippen LogP contribution in [0.3, 0.4) is 0 Å². The fourth-order valence-corrected chi connectivity index (χ4v) is 2.73. The lowest BCUT2D eigenvalue weighted by Gasteiger charge is -2.17. The number of aromatic amines is 1. The van der Waals surface area contributed by atoms with Gasteiger partial charge in [-0.2, -0.15) is 5.10 Å². The first-order chi connectivity index (χ1) is 10.8. The topological polar surface area (TPSA) is 73.0 Å². The summed E-state index contributed by atoms with van der Waals surface area (Å²) in [7, 11) is 0. The van der Waals surface area contributed by atoms with E-state index in [2.05, 4.69) is 50.0 Å². The maximum absolute atomic E-state index is 11.9. The van der Waals surface area contributed by atoms with Crippen LogP contribution in [0.15, 0.2) is 42.6 Å². The average molecular weight is 299 g/mol. The Bertz CT molecular complexity index is 584. The number of aromatic nitrogens is 2. The monoisotopic (exact) mass is 299 g/mol. The van der Waals surface area contributed by atoms with E-state index in [0.29, 0.717) is 6.54 Å². The van der Waals surface area contributed by atoms with Gasteiger partial charge in [0.15, 0.2) is 0 Å². The van der Waals surface area contributed by atoms with Crippen LogP contribution < -0.4 is 10.6 Å². The Hall–Kier alpha value is -2.34. The third-order valence-electron chi connectivity index (χ3n) is 3.85. The van der Waals surface area contributed by atoms with Crippen molar-refractivity contribution in [3.05, 3.63) is 53.9 Å². The zero-order valence-electron chi connectivity index (χ0n) is 12.5. The van der Waals surface area contributed by atoms with Crippen molar-refractivity contribution in [2.24, 2.45) is 0 Å². The van der Waals surface area contributed by atoms with Crippen molar-refractivity contribution >= 4 is 6.03 Å². The van der Waals surface area contributed by atoms with Crippen LogP contribution >= 0.6 is 0 Å². The van der Waals surface area contributed by atoms with Crippen molar-refractivity contribution in [1.29, 1.82) is 0 Å². The smallest absolute Gasteiger partial charge is 0.315 e. The zero-order chi connectivity index (χ0) is 15.2. The van der Waals surface area contributed by atoms with Gasteiger partial charge in [-0.15, -0.1) is 0 Å². The number of urea groups is 1. The van der Waals surface area contributed by atoms with Crippen LogP contribution in [0.1, 0.15) is 17.7 Å². The second-order valence-corrected chi connectivity index (χ2v) is 5.62. The predicted octanol–water partition coefficient (Wildman–Crippen LogP) is 1.48. The molecule has 0 spiro atoms. The number of H-pyrrole nitrogens is 1. The van der Waals surface area contributed by atoms with E-state index in [1.807, 2.05) is 12.1 Å². The lowest BCUT2D eigenvalue weighted by atomic mass is 10.2. The summed E-state index contributed by atoms with van der Waals surface area (Å²) in [5.41, 5.74) is 2.21. The summed E-state index contributed by atoms with van der Waals surface area (Å²) in [6.07, 6.45) is 2.66. The number of carbonyl (C=O) groups excluding carboxylic acids is 1. The number of amides is 2. The van der Waals surface area contributed by atoms with Gasteiger partial charge in [0.05, 0.1) is 12.2 Å². The highest BCUT2D eigenvalue weighted by Gasteiger charge is 2.23. The van der Waals surface area contributed by atoms with Crippen LogP contribution in [0.2, 0.25) is 0 Å². The molecule has 1 aromatic carbocycles. The van der Waals surface area contributed by atoms with Gasteiger partial charge >= 0.3 is 6.03 Å². The summed E-state index contributed by atoms with van der Waals surface area (Å²) in [6, 6.07) is 12.4. The van der Waals surface area contributed by atoms with Gasteiger partial charge in [-0.25, -0.2) is 4.79 Å². The van der Waals surface area contributed by atoms with E-state index in [1.165, 1.54) is 5.56 Å². The summed E-state index contributed by atoms with van der Waals surface area (Å²) >= 11 is 0. The molecule has 22 heavy (non-hydrogen) atoms. The average Bonchev–Trinajstić information content (AvgIpc) is 3.18. The molecular weight excluding hydrogens is 278 g/mol. The molecule has 1 fully saturated rings. The number of rotatable bonds is 5. The fraction of sp³-hybridized carbons (Fsp3) is 0.375. The Kier molecular flexibility index (Phi) is 4.70. The van der Waals surface area contributed by atoms with Gasteiger partial charge < -0.3 is 10.6 Å². The molecule has 116 valence electrons. The highest BCUT2D eigenvalue weighted by atomic mass is 16.2. The molecule has 1 aliphatic rings. The van der Waals surface area contributed by atoms with Gasteiger partial charge in [0.25, 0.3) is 0 Å². The summed E-state index contributed by atoms with van der Waals surface area (Å²) in [6.45, 7) is 3.31. The fourth-order valence-electron chi connectivity index (χ4n) is 2.73. The first kappa shape index (κ1) is 14.6. The van der Waals surface area contributed by atoms with Gasteiger partial charge in [-0.3, -0.25) is 10.00 Å². The zero-order valence-corrected chi connectivity index (χ0v) is 12.5. The van der Waals surface area contributed by atoms with Crippen molar-refractivity contribution in [3.63, 3.8) is 0 Å². The molecule has 1 unspecified atom stereocenters. The van der Waals surface area contributed by atoms with E-state index in [1.54, 1.807) is 6.20 Å². The molecule has 1 aromatic heterocycles. The number of likely N-dealkylation sites (tertiary alicyclic amines) is 1. The number of benzene rings is 1. The molecule has 1 saturated heterocycles. The van der Waals surface area contributed by atoms with Gasteiger partial charge in [-0.1, -0.05) is 30.3 Å². The molecule has 1 atom stereocenters. The van der Waals surface area contributed by atoms with Crippen molar-refractivity contribution in [1.82, 2.24) is 25.7 Å². The molecule has 6 heteroatoms. The van der Waals surface area contributed by atoms with Crippen LogP contribution in [-0.2, 0) is 13.1 Å². The first-order valence-electron chi connectivity index (χ1n) is 7.58. The summed E-state index contributed by atoms with van der Waals surface area (Å²) in [5.74, 6) is 0. The molecule has 3 rings (SSSR count). The maximum Gasteiger partial charge on any atom is 0.315 e. The van der Waals surface area contributed by atoms with E-state index in [9.17, 15) is 4.79 Å². The lowest BCUT2D eigenvalue weighted by Crippen LogP contribution is -2.43. The van der Waals surface area contributed by atoms with E-state index in [0.717, 1.165) is 31.7 Å². The quantitative estimate of drug-likeness (QED) is 0.783. The Balaban J connectivity index is 1.40. The highest BCUT2D eigenvalue weighted by molar-refractivity contribution is 5.74. The van der Waals surface area contributed by atoms with Crippen LogP contribution in [0.5, 0.6) is 0 Å². The number of hydrogen-bond donors (Lipinski definition) is 3. The van der Waals surface area contributed by atoms with E-state index >= 15 is 0 Å². The number of nitrogens with zero attached hydrogens (tertiary/aromatic N) is 2. The molecule has 3 N–H and O–H groups in total. The van der Waals surface area contributed by atoms with E-state index in [4.69, 9.17) is 0 Å². The minimum atomic E-state index is -0.124.